The zero-order chi connectivity index (χ0) is 17.2. The smallest absolute Gasteiger partial charge is 0.317 e. The molecule has 1 saturated carbocycles. The molecular weight excluding hydrogens is 296 g/mol. The molecule has 1 aliphatic carbocycles. The van der Waals surface area contributed by atoms with E-state index in [1.165, 1.54) is 0 Å². The van der Waals surface area contributed by atoms with Gasteiger partial charge >= 0.3 is 12.0 Å². The second kappa shape index (κ2) is 7.07. The molecule has 0 aromatic rings. The number of rotatable bonds is 2. The summed E-state index contributed by atoms with van der Waals surface area (Å²) in [6.07, 6.45) is 2.98. The molecule has 1 aliphatic heterocycles. The molecule has 2 aliphatic rings. The Morgan fingerprint density at radius 3 is 2.17 bits per heavy atom. The van der Waals surface area contributed by atoms with Crippen LogP contribution in [-0.2, 0) is 4.79 Å². The Bertz CT molecular complexity index is 438. The molecule has 0 spiro atoms. The van der Waals surface area contributed by atoms with Gasteiger partial charge < -0.3 is 20.4 Å². The van der Waals surface area contributed by atoms with Crippen molar-refractivity contribution in [3.63, 3.8) is 0 Å². The van der Waals surface area contributed by atoms with Gasteiger partial charge in [-0.05, 0) is 43.4 Å². The Morgan fingerprint density at radius 2 is 1.70 bits per heavy atom. The van der Waals surface area contributed by atoms with E-state index in [0.717, 1.165) is 6.42 Å². The summed E-state index contributed by atoms with van der Waals surface area (Å²) in [4.78, 5) is 25.0. The number of urea groups is 1. The summed E-state index contributed by atoms with van der Waals surface area (Å²) < 4.78 is 0. The number of aliphatic hydroxyl groups excluding tert-OH is 1. The fourth-order valence-corrected chi connectivity index (χ4v) is 3.88. The molecule has 6 heteroatoms. The molecule has 0 aromatic heterocycles. The monoisotopic (exact) mass is 326 g/mol. The van der Waals surface area contributed by atoms with Crippen LogP contribution in [0.2, 0.25) is 0 Å². The van der Waals surface area contributed by atoms with E-state index in [2.05, 4.69) is 26.1 Å². The Labute approximate surface area is 138 Å². The summed E-state index contributed by atoms with van der Waals surface area (Å²) in [5, 5.41) is 22.4. The van der Waals surface area contributed by atoms with Gasteiger partial charge in [-0.2, -0.15) is 0 Å². The van der Waals surface area contributed by atoms with E-state index in [0.29, 0.717) is 38.8 Å². The van der Waals surface area contributed by atoms with Crippen molar-refractivity contribution >= 4 is 12.0 Å². The quantitative estimate of drug-likeness (QED) is 0.724. The fraction of sp³-hybridized carbons (Fsp3) is 0.882. The summed E-state index contributed by atoms with van der Waals surface area (Å²) in [7, 11) is 0. The molecule has 3 N–H and O–H groups in total. The van der Waals surface area contributed by atoms with E-state index in [4.69, 9.17) is 5.11 Å². The molecule has 2 rings (SSSR count). The lowest BCUT2D eigenvalue weighted by Crippen LogP contribution is -2.54. The van der Waals surface area contributed by atoms with Crippen LogP contribution >= 0.6 is 0 Å². The number of nitrogens with one attached hydrogen (secondary N) is 1. The lowest BCUT2D eigenvalue weighted by molar-refractivity contribution is -0.142. The second-order valence-electron chi connectivity index (χ2n) is 8.11. The molecule has 1 saturated heterocycles. The number of aliphatic carboxylic acids is 1. The first-order valence-corrected chi connectivity index (χ1v) is 8.64. The first-order valence-electron chi connectivity index (χ1n) is 8.64. The van der Waals surface area contributed by atoms with Gasteiger partial charge in [-0.1, -0.05) is 20.8 Å². The number of amides is 2. The third-order valence-corrected chi connectivity index (χ3v) is 5.39. The van der Waals surface area contributed by atoms with E-state index < -0.39 is 12.1 Å². The lowest BCUT2D eigenvalue weighted by atomic mass is 9.74. The van der Waals surface area contributed by atoms with Crippen LogP contribution in [0.3, 0.4) is 0 Å². The third-order valence-electron chi connectivity index (χ3n) is 5.39. The molecule has 2 amide bonds. The average Bonchev–Trinajstić information content (AvgIpc) is 2.46. The summed E-state index contributed by atoms with van der Waals surface area (Å²) >= 11 is 0. The zero-order valence-electron chi connectivity index (χ0n) is 14.4. The third kappa shape index (κ3) is 4.59. The number of hydrogen-bond donors (Lipinski definition) is 3. The standard InChI is InChI=1S/C17H30N2O4/c1-17(2,3)13-8-9-19(10-14(13)20)16(23)18-12-6-4-11(5-7-12)15(21)22/h11-14,20H,4-10H2,1-3H3,(H,18,23)(H,21,22). The maximum Gasteiger partial charge on any atom is 0.317 e. The van der Waals surface area contributed by atoms with Crippen LogP contribution < -0.4 is 5.32 Å². The number of β-amino-alcohol motifs (C(OH)–C–C–N with tert-alkyl or cyclic N) is 1. The number of hydrogen-bond acceptors (Lipinski definition) is 3. The topological polar surface area (TPSA) is 89.9 Å². The van der Waals surface area contributed by atoms with Gasteiger partial charge in [0.05, 0.1) is 12.0 Å². The summed E-state index contributed by atoms with van der Waals surface area (Å²) in [6.45, 7) is 7.40. The van der Waals surface area contributed by atoms with Gasteiger partial charge in [0.2, 0.25) is 0 Å². The summed E-state index contributed by atoms with van der Waals surface area (Å²) in [5.41, 5.74) is 0.0389. The molecule has 132 valence electrons. The molecule has 0 aromatic carbocycles. The Kier molecular flexibility index (Phi) is 5.55. The lowest BCUT2D eigenvalue weighted by Gasteiger charge is -2.42. The SMILES string of the molecule is CC(C)(C)C1CCN(C(=O)NC2CCC(C(=O)O)CC2)CC1O. The summed E-state index contributed by atoms with van der Waals surface area (Å²) in [6, 6.07) is -0.0780. The van der Waals surface area contributed by atoms with Crippen LogP contribution in [0.25, 0.3) is 0 Å². The first kappa shape index (κ1) is 18.0. The number of aliphatic hydroxyl groups is 1. The van der Waals surface area contributed by atoms with Gasteiger partial charge in [0.15, 0.2) is 0 Å². The fourth-order valence-electron chi connectivity index (χ4n) is 3.88. The second-order valence-corrected chi connectivity index (χ2v) is 8.11. The highest BCUT2D eigenvalue weighted by atomic mass is 16.4. The van der Waals surface area contributed by atoms with Crippen LogP contribution in [0.1, 0.15) is 52.9 Å². The van der Waals surface area contributed by atoms with Crippen molar-refractivity contribution in [2.75, 3.05) is 13.1 Å². The predicted octanol–water partition coefficient (Wildman–Crippen LogP) is 2.07. The number of carbonyl (C=O) groups excluding carboxylic acids is 1. The van der Waals surface area contributed by atoms with E-state index in [-0.39, 0.29) is 29.3 Å². The molecule has 0 bridgehead atoms. The van der Waals surface area contributed by atoms with Crippen LogP contribution in [0.4, 0.5) is 4.79 Å². The zero-order valence-corrected chi connectivity index (χ0v) is 14.4. The van der Waals surface area contributed by atoms with Crippen molar-refractivity contribution in [3.8, 4) is 0 Å². The van der Waals surface area contributed by atoms with Crippen molar-refractivity contribution < 1.29 is 19.8 Å². The maximum atomic E-state index is 12.4. The van der Waals surface area contributed by atoms with Crippen molar-refractivity contribution in [3.05, 3.63) is 0 Å². The van der Waals surface area contributed by atoms with Crippen LogP contribution in [0.5, 0.6) is 0 Å². The maximum absolute atomic E-state index is 12.4. The normalized spacial score (nSPS) is 32.4. The number of nitrogens with zero attached hydrogens (tertiary/aromatic N) is 1. The van der Waals surface area contributed by atoms with Gasteiger partial charge in [-0.25, -0.2) is 4.79 Å². The van der Waals surface area contributed by atoms with Crippen LogP contribution in [0, 0.1) is 17.3 Å². The molecular formula is C17H30N2O4. The first-order chi connectivity index (χ1) is 10.7. The van der Waals surface area contributed by atoms with Crippen molar-refractivity contribution in [1.82, 2.24) is 10.2 Å². The molecule has 23 heavy (non-hydrogen) atoms. The van der Waals surface area contributed by atoms with Gasteiger partial charge in [0.1, 0.15) is 0 Å². The molecule has 6 nitrogen and oxygen atoms in total. The predicted molar refractivity (Wildman–Crippen MR) is 87.1 cm³/mol. The molecule has 2 fully saturated rings. The minimum atomic E-state index is -0.734. The highest BCUT2D eigenvalue weighted by Crippen LogP contribution is 2.34. The number of piperidine rings is 1. The molecule has 2 atom stereocenters. The minimum Gasteiger partial charge on any atom is -0.481 e. The van der Waals surface area contributed by atoms with E-state index in [1.807, 2.05) is 0 Å². The molecule has 2 unspecified atom stereocenters. The molecule has 1 heterocycles. The van der Waals surface area contributed by atoms with Gasteiger partial charge in [0.25, 0.3) is 0 Å². The van der Waals surface area contributed by atoms with Gasteiger partial charge in [-0.15, -0.1) is 0 Å². The van der Waals surface area contributed by atoms with Crippen molar-refractivity contribution in [1.29, 1.82) is 0 Å². The van der Waals surface area contributed by atoms with Gasteiger partial charge in [-0.3, -0.25) is 4.79 Å². The molecule has 0 radical (unpaired) electrons. The Morgan fingerprint density at radius 1 is 1.09 bits per heavy atom. The minimum absolute atomic E-state index is 0.0389. The summed E-state index contributed by atoms with van der Waals surface area (Å²) in [5.74, 6) is -0.799. The highest BCUT2D eigenvalue weighted by molar-refractivity contribution is 5.75. The number of carbonyl (C=O) groups is 2. The average molecular weight is 326 g/mol. The Balaban J connectivity index is 1.80. The van der Waals surface area contributed by atoms with E-state index >= 15 is 0 Å². The van der Waals surface area contributed by atoms with E-state index in [1.54, 1.807) is 4.90 Å². The van der Waals surface area contributed by atoms with Crippen LogP contribution in [-0.4, -0.2) is 52.3 Å². The Hall–Kier alpha value is -1.30. The van der Waals surface area contributed by atoms with Gasteiger partial charge in [0, 0.05) is 19.1 Å². The van der Waals surface area contributed by atoms with Crippen LogP contribution in [0.15, 0.2) is 0 Å². The highest BCUT2D eigenvalue weighted by Gasteiger charge is 2.37. The van der Waals surface area contributed by atoms with Crippen molar-refractivity contribution in [2.24, 2.45) is 17.3 Å². The van der Waals surface area contributed by atoms with Crippen molar-refractivity contribution in [2.45, 2.75) is 65.0 Å². The number of likely N-dealkylation sites (tertiary alicyclic amines) is 1. The largest absolute Gasteiger partial charge is 0.481 e. The van der Waals surface area contributed by atoms with E-state index in [9.17, 15) is 14.7 Å². The number of carboxylic acid groups (broad SMARTS) is 1. The number of carboxylic acids is 1.